The molecule has 6 nitrogen and oxygen atoms in total. The number of benzene rings is 2. The molecule has 3 rings (SSSR count). The van der Waals surface area contributed by atoms with Crippen LogP contribution in [-0.2, 0) is 18.9 Å². The normalized spacial score (nSPS) is 20.6. The molecule has 1 aliphatic heterocycles. The van der Waals surface area contributed by atoms with Crippen LogP contribution >= 0.6 is 0 Å². The average molecular weight is 394 g/mol. The van der Waals surface area contributed by atoms with Crippen molar-refractivity contribution in [1.29, 1.82) is 0 Å². The van der Waals surface area contributed by atoms with Gasteiger partial charge in [0, 0.05) is 0 Å². The van der Waals surface area contributed by atoms with Crippen molar-refractivity contribution in [2.45, 2.75) is 18.5 Å². The highest BCUT2D eigenvalue weighted by atomic mass is 16.7. The first-order valence-corrected chi connectivity index (χ1v) is 9.22. The van der Waals surface area contributed by atoms with Gasteiger partial charge in [0.2, 0.25) is 0 Å². The SMILES string of the molecule is C=CCO[C@@H]1C=C[C@@H](OC(=O)c2ccccc2)[C@@H](COC(=O)c2ccccc2)O1. The summed E-state index contributed by atoms with van der Waals surface area (Å²) in [4.78, 5) is 24.7. The molecule has 3 atom stereocenters. The van der Waals surface area contributed by atoms with Crippen LogP contribution in [0, 0.1) is 0 Å². The quantitative estimate of drug-likeness (QED) is 0.504. The summed E-state index contributed by atoms with van der Waals surface area (Å²) in [5.41, 5.74) is 0.849. The first-order valence-electron chi connectivity index (χ1n) is 9.22. The van der Waals surface area contributed by atoms with Crippen molar-refractivity contribution < 1.29 is 28.5 Å². The molecule has 2 aromatic rings. The van der Waals surface area contributed by atoms with Crippen molar-refractivity contribution in [2.75, 3.05) is 13.2 Å². The molecule has 0 bridgehead atoms. The van der Waals surface area contributed by atoms with Gasteiger partial charge in [-0.3, -0.25) is 0 Å². The first kappa shape index (κ1) is 20.5. The Morgan fingerprint density at radius 2 is 1.55 bits per heavy atom. The number of rotatable bonds is 8. The molecule has 0 saturated carbocycles. The van der Waals surface area contributed by atoms with E-state index in [1.165, 1.54) is 0 Å². The van der Waals surface area contributed by atoms with Gasteiger partial charge < -0.3 is 18.9 Å². The van der Waals surface area contributed by atoms with Gasteiger partial charge in [-0.1, -0.05) is 42.5 Å². The third-order valence-corrected chi connectivity index (χ3v) is 4.15. The molecule has 1 heterocycles. The summed E-state index contributed by atoms with van der Waals surface area (Å²) in [7, 11) is 0. The van der Waals surface area contributed by atoms with Crippen LogP contribution in [0.4, 0.5) is 0 Å². The fourth-order valence-electron chi connectivity index (χ4n) is 2.71. The number of ether oxygens (including phenoxy) is 4. The van der Waals surface area contributed by atoms with Crippen molar-refractivity contribution in [3.63, 3.8) is 0 Å². The zero-order chi connectivity index (χ0) is 20.5. The van der Waals surface area contributed by atoms with Crippen LogP contribution in [0.2, 0.25) is 0 Å². The highest BCUT2D eigenvalue weighted by Crippen LogP contribution is 2.19. The molecule has 1 aliphatic rings. The lowest BCUT2D eigenvalue weighted by Crippen LogP contribution is -2.42. The maximum absolute atomic E-state index is 12.4. The van der Waals surface area contributed by atoms with Crippen LogP contribution < -0.4 is 0 Å². The number of carbonyl (C=O) groups is 2. The molecule has 29 heavy (non-hydrogen) atoms. The molecule has 0 radical (unpaired) electrons. The van der Waals surface area contributed by atoms with Crippen LogP contribution in [0.25, 0.3) is 0 Å². The van der Waals surface area contributed by atoms with Crippen molar-refractivity contribution in [3.05, 3.63) is 96.6 Å². The topological polar surface area (TPSA) is 71.1 Å². The lowest BCUT2D eigenvalue weighted by Gasteiger charge is -2.31. The Hall–Kier alpha value is -3.22. The second kappa shape index (κ2) is 10.4. The van der Waals surface area contributed by atoms with Gasteiger partial charge in [0.25, 0.3) is 0 Å². The van der Waals surface area contributed by atoms with E-state index in [2.05, 4.69) is 6.58 Å². The Kier molecular flexibility index (Phi) is 7.33. The third-order valence-electron chi connectivity index (χ3n) is 4.15. The molecule has 0 unspecified atom stereocenters. The van der Waals surface area contributed by atoms with Crippen molar-refractivity contribution in [1.82, 2.24) is 0 Å². The van der Waals surface area contributed by atoms with Gasteiger partial charge in [-0.2, -0.15) is 0 Å². The van der Waals surface area contributed by atoms with E-state index in [0.29, 0.717) is 17.7 Å². The number of esters is 2. The molecule has 0 aliphatic carbocycles. The van der Waals surface area contributed by atoms with E-state index in [-0.39, 0.29) is 6.61 Å². The summed E-state index contributed by atoms with van der Waals surface area (Å²) in [6.07, 6.45) is 2.84. The van der Waals surface area contributed by atoms with Gasteiger partial charge in [0.15, 0.2) is 12.4 Å². The molecule has 0 aromatic heterocycles. The van der Waals surface area contributed by atoms with Crippen molar-refractivity contribution in [3.8, 4) is 0 Å². The molecule has 6 heteroatoms. The predicted molar refractivity (Wildman–Crippen MR) is 106 cm³/mol. The minimum absolute atomic E-state index is 0.0985. The Morgan fingerprint density at radius 1 is 0.931 bits per heavy atom. The zero-order valence-electron chi connectivity index (χ0n) is 15.8. The fourth-order valence-corrected chi connectivity index (χ4v) is 2.71. The Balaban J connectivity index is 1.67. The van der Waals surface area contributed by atoms with Crippen LogP contribution in [0.1, 0.15) is 20.7 Å². The summed E-state index contributed by atoms with van der Waals surface area (Å²) < 4.78 is 22.2. The largest absolute Gasteiger partial charge is 0.459 e. The molecular weight excluding hydrogens is 372 g/mol. The van der Waals surface area contributed by atoms with Crippen LogP contribution in [-0.4, -0.2) is 43.7 Å². The van der Waals surface area contributed by atoms with Gasteiger partial charge in [-0.15, -0.1) is 6.58 Å². The van der Waals surface area contributed by atoms with E-state index in [0.717, 1.165) is 0 Å². The average Bonchev–Trinajstić information content (AvgIpc) is 2.78. The molecular formula is C23H22O6. The van der Waals surface area contributed by atoms with E-state index in [1.54, 1.807) is 66.8 Å². The predicted octanol–water partition coefficient (Wildman–Crippen LogP) is 3.55. The lowest BCUT2D eigenvalue weighted by atomic mass is 10.1. The van der Waals surface area contributed by atoms with E-state index < -0.39 is 30.4 Å². The smallest absolute Gasteiger partial charge is 0.338 e. The minimum Gasteiger partial charge on any atom is -0.459 e. The van der Waals surface area contributed by atoms with E-state index in [9.17, 15) is 9.59 Å². The molecule has 0 spiro atoms. The Bertz CT molecular complexity index is 846. The standard InChI is InChI=1S/C23H22O6/c1-2-15-26-21-14-13-19(29-23(25)18-11-7-4-8-12-18)20(28-21)16-27-22(24)17-9-5-3-6-10-17/h2-14,19-21H,1,15-16H2/t19-,20-,21+/m1/s1. The van der Waals surface area contributed by atoms with Crippen molar-refractivity contribution >= 4 is 11.9 Å². The molecule has 0 N–H and O–H groups in total. The van der Waals surface area contributed by atoms with Crippen molar-refractivity contribution in [2.24, 2.45) is 0 Å². The second-order valence-corrected chi connectivity index (χ2v) is 6.25. The zero-order valence-corrected chi connectivity index (χ0v) is 15.8. The lowest BCUT2D eigenvalue weighted by molar-refractivity contribution is -0.176. The second-order valence-electron chi connectivity index (χ2n) is 6.25. The molecule has 2 aromatic carbocycles. The van der Waals surface area contributed by atoms with Gasteiger partial charge >= 0.3 is 11.9 Å². The summed E-state index contributed by atoms with van der Waals surface area (Å²) >= 11 is 0. The van der Waals surface area contributed by atoms with E-state index in [1.807, 2.05) is 12.1 Å². The highest BCUT2D eigenvalue weighted by molar-refractivity contribution is 5.90. The summed E-state index contributed by atoms with van der Waals surface area (Å²) in [5.74, 6) is -0.978. The fraction of sp³-hybridized carbons (Fsp3) is 0.217. The van der Waals surface area contributed by atoms with Crippen LogP contribution in [0.3, 0.4) is 0 Å². The van der Waals surface area contributed by atoms with E-state index in [4.69, 9.17) is 18.9 Å². The number of hydrogen-bond donors (Lipinski definition) is 0. The maximum atomic E-state index is 12.4. The first-order chi connectivity index (χ1) is 14.2. The minimum atomic E-state index is -0.727. The van der Waals surface area contributed by atoms with Gasteiger partial charge in [-0.05, 0) is 36.4 Å². The highest BCUT2D eigenvalue weighted by Gasteiger charge is 2.32. The number of hydrogen-bond acceptors (Lipinski definition) is 6. The summed E-state index contributed by atoms with van der Waals surface area (Å²) in [6, 6.07) is 17.3. The van der Waals surface area contributed by atoms with E-state index >= 15 is 0 Å². The maximum Gasteiger partial charge on any atom is 0.338 e. The summed E-state index contributed by atoms with van der Waals surface area (Å²) in [6.45, 7) is 3.79. The summed E-state index contributed by atoms with van der Waals surface area (Å²) in [5, 5.41) is 0. The molecule has 0 amide bonds. The Labute approximate surface area is 169 Å². The van der Waals surface area contributed by atoms with Crippen LogP contribution in [0.5, 0.6) is 0 Å². The third kappa shape index (κ3) is 5.88. The Morgan fingerprint density at radius 3 is 2.17 bits per heavy atom. The van der Waals surface area contributed by atoms with Gasteiger partial charge in [0.05, 0.1) is 17.7 Å². The van der Waals surface area contributed by atoms with Gasteiger partial charge in [-0.25, -0.2) is 9.59 Å². The van der Waals surface area contributed by atoms with Crippen LogP contribution in [0.15, 0.2) is 85.5 Å². The van der Waals surface area contributed by atoms with Gasteiger partial charge in [0.1, 0.15) is 12.7 Å². The molecule has 0 saturated heterocycles. The molecule has 0 fully saturated rings. The molecule has 150 valence electrons. The monoisotopic (exact) mass is 394 g/mol. The number of carbonyl (C=O) groups excluding carboxylic acids is 2.